The molecule has 136 valence electrons. The first-order valence-corrected chi connectivity index (χ1v) is 8.15. The SMILES string of the molecule is C=C(C)c1nc(N)nc(N(C)c2ccc(N=Nc3ccccc3O)cc2)n1. The van der Waals surface area contributed by atoms with Gasteiger partial charge in [-0.25, -0.2) is 0 Å². The van der Waals surface area contributed by atoms with Crippen molar-refractivity contribution < 1.29 is 5.11 Å². The van der Waals surface area contributed by atoms with Crippen LogP contribution in [0.2, 0.25) is 0 Å². The van der Waals surface area contributed by atoms with Crippen LogP contribution in [0.1, 0.15) is 12.7 Å². The van der Waals surface area contributed by atoms with Gasteiger partial charge in [-0.05, 0) is 48.9 Å². The Hall–Kier alpha value is -3.81. The number of allylic oxidation sites excluding steroid dienone is 1. The molecule has 0 fully saturated rings. The number of nitrogens with zero attached hydrogens (tertiary/aromatic N) is 6. The van der Waals surface area contributed by atoms with Gasteiger partial charge in [-0.15, -0.1) is 5.11 Å². The predicted molar refractivity (Wildman–Crippen MR) is 106 cm³/mol. The van der Waals surface area contributed by atoms with Crippen molar-refractivity contribution in [2.45, 2.75) is 6.92 Å². The number of nitrogens with two attached hydrogens (primary N) is 1. The molecule has 0 unspecified atom stereocenters. The Bertz CT molecular complexity index is 999. The first kappa shape index (κ1) is 18.0. The van der Waals surface area contributed by atoms with E-state index in [1.54, 1.807) is 41.3 Å². The molecule has 0 aliphatic carbocycles. The van der Waals surface area contributed by atoms with E-state index in [-0.39, 0.29) is 11.7 Å². The molecule has 0 saturated heterocycles. The monoisotopic (exact) mass is 361 g/mol. The van der Waals surface area contributed by atoms with E-state index in [0.717, 1.165) is 5.69 Å². The van der Waals surface area contributed by atoms with Gasteiger partial charge in [0.25, 0.3) is 0 Å². The van der Waals surface area contributed by atoms with E-state index in [9.17, 15) is 5.11 Å². The lowest BCUT2D eigenvalue weighted by molar-refractivity contribution is 0.476. The van der Waals surface area contributed by atoms with Crippen LogP contribution in [-0.4, -0.2) is 27.1 Å². The van der Waals surface area contributed by atoms with Gasteiger partial charge in [0.05, 0.1) is 5.69 Å². The van der Waals surface area contributed by atoms with Gasteiger partial charge < -0.3 is 15.7 Å². The minimum absolute atomic E-state index is 0.0818. The number of para-hydroxylation sites is 1. The van der Waals surface area contributed by atoms with Crippen molar-refractivity contribution in [1.29, 1.82) is 0 Å². The highest BCUT2D eigenvalue weighted by atomic mass is 16.3. The number of hydrogen-bond acceptors (Lipinski definition) is 8. The van der Waals surface area contributed by atoms with Crippen LogP contribution in [0.15, 0.2) is 65.3 Å². The summed E-state index contributed by atoms with van der Waals surface area (Å²) in [5.74, 6) is 1.10. The molecule has 8 nitrogen and oxygen atoms in total. The van der Waals surface area contributed by atoms with Crippen molar-refractivity contribution in [2.24, 2.45) is 10.2 Å². The molecule has 1 aromatic heterocycles. The number of aromatic nitrogens is 3. The molecule has 0 saturated carbocycles. The number of rotatable bonds is 5. The van der Waals surface area contributed by atoms with Gasteiger partial charge in [0, 0.05) is 12.7 Å². The van der Waals surface area contributed by atoms with Gasteiger partial charge in [0.2, 0.25) is 11.9 Å². The highest BCUT2D eigenvalue weighted by Gasteiger charge is 2.11. The number of aromatic hydroxyl groups is 1. The average molecular weight is 361 g/mol. The van der Waals surface area contributed by atoms with Crippen LogP contribution in [0.5, 0.6) is 5.75 Å². The van der Waals surface area contributed by atoms with E-state index < -0.39 is 0 Å². The maximum Gasteiger partial charge on any atom is 0.234 e. The van der Waals surface area contributed by atoms with E-state index in [1.165, 1.54) is 0 Å². The summed E-state index contributed by atoms with van der Waals surface area (Å²) < 4.78 is 0. The van der Waals surface area contributed by atoms with E-state index in [1.807, 2.05) is 26.1 Å². The predicted octanol–water partition coefficient (Wildman–Crippen LogP) is 4.38. The number of anilines is 3. The zero-order chi connectivity index (χ0) is 19.4. The zero-order valence-electron chi connectivity index (χ0n) is 15.0. The van der Waals surface area contributed by atoms with Gasteiger partial charge in [-0.1, -0.05) is 18.7 Å². The molecule has 27 heavy (non-hydrogen) atoms. The average Bonchev–Trinajstić information content (AvgIpc) is 2.66. The van der Waals surface area contributed by atoms with E-state index >= 15 is 0 Å². The van der Waals surface area contributed by atoms with Gasteiger partial charge in [-0.2, -0.15) is 20.1 Å². The normalized spacial score (nSPS) is 10.9. The van der Waals surface area contributed by atoms with E-state index in [0.29, 0.717) is 28.7 Å². The maximum absolute atomic E-state index is 9.72. The topological polar surface area (TPSA) is 113 Å². The first-order chi connectivity index (χ1) is 12.9. The summed E-state index contributed by atoms with van der Waals surface area (Å²) in [4.78, 5) is 14.4. The number of nitrogen functional groups attached to an aromatic ring is 1. The summed E-state index contributed by atoms with van der Waals surface area (Å²) in [6.07, 6.45) is 0. The molecular weight excluding hydrogens is 342 g/mol. The Morgan fingerprint density at radius 2 is 1.74 bits per heavy atom. The molecule has 1 heterocycles. The number of benzene rings is 2. The van der Waals surface area contributed by atoms with Crippen molar-refractivity contribution in [3.05, 3.63) is 60.9 Å². The van der Waals surface area contributed by atoms with Gasteiger partial charge in [0.15, 0.2) is 5.82 Å². The molecule has 2 aromatic carbocycles. The molecule has 0 spiro atoms. The molecule has 0 aliphatic heterocycles. The summed E-state index contributed by atoms with van der Waals surface area (Å²) in [6, 6.07) is 14.1. The molecule has 0 atom stereocenters. The van der Waals surface area contributed by atoms with E-state index in [4.69, 9.17) is 5.73 Å². The van der Waals surface area contributed by atoms with Gasteiger partial charge >= 0.3 is 0 Å². The second-order valence-corrected chi connectivity index (χ2v) is 5.86. The third-order valence-corrected chi connectivity index (χ3v) is 3.71. The Morgan fingerprint density at radius 1 is 1.04 bits per heavy atom. The van der Waals surface area contributed by atoms with Gasteiger partial charge in [0.1, 0.15) is 11.4 Å². The molecule has 3 rings (SSSR count). The summed E-state index contributed by atoms with van der Waals surface area (Å²) in [7, 11) is 1.83. The number of hydrogen-bond donors (Lipinski definition) is 2. The van der Waals surface area contributed by atoms with Crippen molar-refractivity contribution in [1.82, 2.24) is 15.0 Å². The van der Waals surface area contributed by atoms with E-state index in [2.05, 4.69) is 31.8 Å². The summed E-state index contributed by atoms with van der Waals surface area (Å²) in [5, 5.41) is 17.9. The number of phenols is 1. The Balaban J connectivity index is 1.81. The third kappa shape index (κ3) is 4.24. The number of azo groups is 1. The van der Waals surface area contributed by atoms with Crippen LogP contribution >= 0.6 is 0 Å². The highest BCUT2D eigenvalue weighted by molar-refractivity contribution is 5.62. The molecular formula is C19H19N7O. The lowest BCUT2D eigenvalue weighted by atomic mass is 10.2. The van der Waals surface area contributed by atoms with Crippen LogP contribution in [0.3, 0.4) is 0 Å². The smallest absolute Gasteiger partial charge is 0.234 e. The zero-order valence-corrected chi connectivity index (χ0v) is 15.0. The van der Waals surface area contributed by atoms with Crippen LogP contribution in [-0.2, 0) is 0 Å². The minimum Gasteiger partial charge on any atom is -0.506 e. The van der Waals surface area contributed by atoms with Gasteiger partial charge in [-0.3, -0.25) is 0 Å². The fourth-order valence-corrected chi connectivity index (χ4v) is 2.24. The standard InChI is InChI=1S/C19H19N7O/c1-12(2)17-21-18(20)23-19(22-17)26(3)14-10-8-13(9-11-14)24-25-15-6-4-5-7-16(15)27/h4-11,27H,1H2,2-3H3,(H2,20,21,22,23). The second-order valence-electron chi connectivity index (χ2n) is 5.86. The minimum atomic E-state index is 0.0818. The van der Waals surface area contributed by atoms with Crippen molar-refractivity contribution in [2.75, 3.05) is 17.7 Å². The highest BCUT2D eigenvalue weighted by Crippen LogP contribution is 2.28. The fraction of sp³-hybridized carbons (Fsp3) is 0.105. The molecule has 0 amide bonds. The van der Waals surface area contributed by atoms with Crippen molar-refractivity contribution >= 4 is 34.5 Å². The largest absolute Gasteiger partial charge is 0.506 e. The Labute approximate surface area is 156 Å². The molecule has 3 N–H and O–H groups in total. The Morgan fingerprint density at radius 3 is 2.41 bits per heavy atom. The van der Waals surface area contributed by atoms with Crippen LogP contribution in [0, 0.1) is 0 Å². The van der Waals surface area contributed by atoms with Crippen LogP contribution < -0.4 is 10.6 Å². The number of phenolic OH excluding ortho intramolecular Hbond substituents is 1. The quantitative estimate of drug-likeness (QED) is 0.652. The van der Waals surface area contributed by atoms with Crippen LogP contribution in [0.4, 0.5) is 29.0 Å². The summed E-state index contributed by atoms with van der Waals surface area (Å²) >= 11 is 0. The molecule has 0 bridgehead atoms. The summed E-state index contributed by atoms with van der Waals surface area (Å²) in [6.45, 7) is 5.64. The lowest BCUT2D eigenvalue weighted by Crippen LogP contribution is -2.15. The second kappa shape index (κ2) is 7.61. The van der Waals surface area contributed by atoms with Crippen molar-refractivity contribution in [3.63, 3.8) is 0 Å². The van der Waals surface area contributed by atoms with Crippen LogP contribution in [0.25, 0.3) is 5.57 Å². The molecule has 0 radical (unpaired) electrons. The summed E-state index contributed by atoms with van der Waals surface area (Å²) in [5.41, 5.74) is 8.37. The Kier molecular flexibility index (Phi) is 5.07. The third-order valence-electron chi connectivity index (χ3n) is 3.71. The molecule has 0 aliphatic rings. The molecule has 3 aromatic rings. The lowest BCUT2D eigenvalue weighted by Gasteiger charge is -2.17. The maximum atomic E-state index is 9.72. The first-order valence-electron chi connectivity index (χ1n) is 8.15. The fourth-order valence-electron chi connectivity index (χ4n) is 2.24. The van der Waals surface area contributed by atoms with Crippen molar-refractivity contribution in [3.8, 4) is 5.75 Å². The molecule has 8 heteroatoms.